The fourth-order valence-electron chi connectivity index (χ4n) is 19.4. The fraction of sp³-hybridized carbons (Fsp3) is 0.580. The van der Waals surface area contributed by atoms with Gasteiger partial charge in [-0.1, -0.05) is 146 Å². The molecule has 1 saturated heterocycles. The number of hydrogen-bond donors (Lipinski definition) is 9. The van der Waals surface area contributed by atoms with Crippen molar-refractivity contribution in [3.05, 3.63) is 140 Å². The van der Waals surface area contributed by atoms with Crippen LogP contribution in [0.5, 0.6) is 0 Å². The number of amides is 4. The molecule has 696 valence electrons. The first-order valence-corrected chi connectivity index (χ1v) is 47.8. The van der Waals surface area contributed by atoms with Gasteiger partial charge in [-0.2, -0.15) is 0 Å². The molecular weight excluding hydrogens is 1630 g/mol. The maximum absolute atomic E-state index is 13.2. The molecule has 9 aliphatic carbocycles. The number of carbonyl (C=O) groups is 12. The number of fused-ring (bicyclic) bond motifs is 2. The fourth-order valence-corrected chi connectivity index (χ4v) is 19.4. The molecule has 12 aliphatic rings. The van der Waals surface area contributed by atoms with Gasteiger partial charge < -0.3 is 104 Å². The lowest BCUT2D eigenvalue weighted by atomic mass is 9.89. The molecule has 28 nitrogen and oxygen atoms in total. The molecule has 128 heavy (non-hydrogen) atoms. The molecule has 18 rings (SSSR count). The molecule has 0 unspecified atom stereocenters. The summed E-state index contributed by atoms with van der Waals surface area (Å²) in [4.78, 5) is 148. The van der Waals surface area contributed by atoms with Gasteiger partial charge >= 0.3 is 23.9 Å². The van der Waals surface area contributed by atoms with Crippen LogP contribution < -0.4 is 70.4 Å². The van der Waals surface area contributed by atoms with Crippen LogP contribution in [0.25, 0.3) is 32.3 Å². The molecule has 3 aliphatic heterocycles. The van der Waals surface area contributed by atoms with Crippen LogP contribution in [-0.2, 0) is 14.2 Å². The number of ether oxygens (including phenoxy) is 3. The quantitative estimate of drug-likeness (QED) is 0.0407. The Labute approximate surface area is 750 Å². The molecule has 28 heteroatoms. The lowest BCUT2D eigenvalue weighted by Gasteiger charge is -2.25. The third-order valence-electron chi connectivity index (χ3n) is 26.7. The summed E-state index contributed by atoms with van der Waals surface area (Å²) in [6.45, 7) is 2.00. The van der Waals surface area contributed by atoms with Crippen molar-refractivity contribution in [2.75, 3.05) is 13.2 Å². The van der Waals surface area contributed by atoms with E-state index in [-0.39, 0.29) is 123 Å². The molecule has 6 aromatic rings. The number of carboxylic acids is 4. The average molecular weight is 1770 g/mol. The smallest absolute Gasteiger partial charge is 0.346 e. The topological polar surface area (TPSA) is 509 Å². The van der Waals surface area contributed by atoms with Crippen LogP contribution in [-0.4, -0.2) is 139 Å². The number of aromatic carboxylic acids is 4. The van der Waals surface area contributed by atoms with E-state index < -0.39 is 71.4 Å². The van der Waals surface area contributed by atoms with E-state index in [4.69, 9.17) is 10.5 Å². The lowest BCUT2D eigenvalue weighted by molar-refractivity contribution is -0.425. The van der Waals surface area contributed by atoms with Gasteiger partial charge in [0.15, 0.2) is 0 Å². The van der Waals surface area contributed by atoms with Crippen molar-refractivity contribution in [2.24, 2.45) is 5.73 Å². The monoisotopic (exact) mass is 1770 g/mol. The number of quaternary nitrogens is 4. The van der Waals surface area contributed by atoms with Crippen molar-refractivity contribution >= 4 is 104 Å². The first-order valence-electron chi connectivity index (χ1n) is 47.8. The van der Waals surface area contributed by atoms with Crippen molar-refractivity contribution in [1.29, 1.82) is 0 Å². The molecule has 0 bridgehead atoms. The van der Waals surface area contributed by atoms with Crippen molar-refractivity contribution in [3.8, 4) is 0 Å². The first-order chi connectivity index (χ1) is 61.8. The second-order valence-electron chi connectivity index (χ2n) is 36.7. The Hall–Kier alpha value is -10.1. The summed E-state index contributed by atoms with van der Waals surface area (Å²) in [6.07, 6.45) is 56.3. The van der Waals surface area contributed by atoms with Crippen LogP contribution in [0.3, 0.4) is 0 Å². The summed E-state index contributed by atoms with van der Waals surface area (Å²) in [5, 5.41) is 59.6. The Morgan fingerprint density at radius 2 is 0.430 bits per heavy atom. The molecule has 0 spiro atoms. The van der Waals surface area contributed by atoms with Crippen molar-refractivity contribution in [2.45, 2.75) is 356 Å². The molecule has 10 fully saturated rings. The minimum absolute atomic E-state index is 0.00269. The van der Waals surface area contributed by atoms with E-state index in [1.54, 1.807) is 0 Å². The Morgan fingerprint density at radius 3 is 0.578 bits per heavy atom. The van der Waals surface area contributed by atoms with E-state index >= 15 is 0 Å². The SMILES string of the molecule is C1CCOC1.NC1CCCCC1.O=C([O-])c1ccc(C(=O)NC2CCCCC2)c2c(C(=O)[O-])ccc(C(=O)NC3CCCCC3)c12.O=C([O-])c1ccc(C(=O)[O-])c2c(C(=O)NC3CCCCC3)ccc(C(=O)NC3CCCCC3)c12.O=C1OC(=O)c2ccc3c4c(ccc1c24)C(=O)OC3=O.[NH3+]C1CCCCC1.[NH3+]C1CCCCC1.[NH3+]C1CCCCC1.[NH3+]C1CCCCC1. The molecule has 9 saturated carbocycles. The Morgan fingerprint density at radius 1 is 0.250 bits per heavy atom. The highest BCUT2D eigenvalue weighted by Gasteiger charge is 2.36. The van der Waals surface area contributed by atoms with E-state index in [2.05, 4.69) is 53.7 Å². The minimum Gasteiger partial charge on any atom is -0.545 e. The number of nitrogens with two attached hydrogens (primary N) is 1. The number of esters is 4. The van der Waals surface area contributed by atoms with Crippen molar-refractivity contribution < 1.29 is 115 Å². The molecule has 3 heterocycles. The third kappa shape index (κ3) is 29.2. The normalized spacial score (nSPS) is 19.6. The first kappa shape index (κ1) is 100. The zero-order valence-electron chi connectivity index (χ0n) is 74.9. The summed E-state index contributed by atoms with van der Waals surface area (Å²) in [5.74, 6) is -11.5. The summed E-state index contributed by atoms with van der Waals surface area (Å²) < 4.78 is 14.2. The Balaban J connectivity index is 0.000000166. The van der Waals surface area contributed by atoms with Gasteiger partial charge in [0.1, 0.15) is 0 Å². The second-order valence-corrected chi connectivity index (χ2v) is 36.7. The highest BCUT2D eigenvalue weighted by Crippen LogP contribution is 2.38. The van der Waals surface area contributed by atoms with E-state index in [1.807, 2.05) is 0 Å². The second kappa shape index (κ2) is 51.3. The molecule has 4 amide bonds. The molecule has 0 radical (unpaired) electrons. The van der Waals surface area contributed by atoms with Crippen molar-refractivity contribution in [1.82, 2.24) is 21.3 Å². The predicted molar refractivity (Wildman–Crippen MR) is 476 cm³/mol. The standard InChI is InChI=1S/2C26H30N2O6.C14H4O6.5C6H13N.C4H8O/c29-23(27-15-7-3-1-4-8-15)17-11-13-20(26(33)34)22-18(12-14-19(21(17)22)25(31)32)24(30)28-16-9-5-2-6-10-16;29-23(27-15-7-3-1-4-8-15)17-11-12-18(24(30)28-16-9-5-2-6-10-16)22-20(26(33)34)14-13-19(21(17)22)25(31)32;15-11-5-1-2-6-10-8(14(18)20-12(6)16)4-3-7(9(5)10)13(17)19-11;5*7-6-4-2-1-3-5-6;1-2-4-5-3-1/h2*11-16H,1-10H2,(H,27,29)(H,28,30)(H,31,32)(H,33,34);1-4H;5*6H,1-5,7H2;1-4H2. The lowest BCUT2D eigenvalue weighted by Crippen LogP contribution is -2.61. The van der Waals surface area contributed by atoms with Crippen LogP contribution in [0.15, 0.2) is 72.8 Å². The molecule has 6 aromatic carbocycles. The summed E-state index contributed by atoms with van der Waals surface area (Å²) in [6, 6.07) is 19.0. The predicted octanol–water partition coefficient (Wildman–Crippen LogP) is 9.16. The summed E-state index contributed by atoms with van der Waals surface area (Å²) in [5.41, 5.74) is 20.9. The van der Waals surface area contributed by atoms with E-state index in [9.17, 15) is 78.0 Å². The number of carboxylic acid groups (broad SMARTS) is 4. The van der Waals surface area contributed by atoms with Gasteiger partial charge in [0.05, 0.1) is 70.3 Å². The molecule has 0 aromatic heterocycles. The summed E-state index contributed by atoms with van der Waals surface area (Å²) in [7, 11) is 0. The van der Waals surface area contributed by atoms with Gasteiger partial charge in [0, 0.05) is 120 Å². The Kier molecular flexibility index (Phi) is 40.1. The van der Waals surface area contributed by atoms with E-state index in [0.29, 0.717) is 6.04 Å². The van der Waals surface area contributed by atoms with Crippen molar-refractivity contribution in [3.63, 3.8) is 0 Å². The van der Waals surface area contributed by atoms with Gasteiger partial charge in [-0.05, 0) is 228 Å². The summed E-state index contributed by atoms with van der Waals surface area (Å²) >= 11 is 0. The minimum atomic E-state index is -1.56. The zero-order chi connectivity index (χ0) is 91.6. The maximum Gasteiger partial charge on any atom is 0.346 e. The molecule has 0 atom stereocenters. The van der Waals surface area contributed by atoms with Crippen LogP contribution in [0.4, 0.5) is 0 Å². The zero-order valence-corrected chi connectivity index (χ0v) is 74.9. The highest BCUT2D eigenvalue weighted by atomic mass is 16.6. The molecule has 18 N–H and O–H groups in total. The van der Waals surface area contributed by atoms with Gasteiger partial charge in [-0.25, -0.2) is 19.2 Å². The number of hydrogen-bond acceptors (Lipinski definition) is 20. The van der Waals surface area contributed by atoms with E-state index in [0.717, 1.165) is 178 Å². The third-order valence-corrected chi connectivity index (χ3v) is 26.7. The largest absolute Gasteiger partial charge is 0.545 e. The number of carbonyl (C=O) groups excluding carboxylic acids is 12. The van der Waals surface area contributed by atoms with Gasteiger partial charge in [-0.3, -0.25) is 19.2 Å². The Bertz CT molecular complexity index is 4250. The van der Waals surface area contributed by atoms with Crippen LogP contribution in [0.1, 0.15) is 426 Å². The van der Waals surface area contributed by atoms with Gasteiger partial charge in [0.25, 0.3) is 23.6 Å². The van der Waals surface area contributed by atoms with Crippen LogP contribution >= 0.6 is 0 Å². The van der Waals surface area contributed by atoms with Gasteiger partial charge in [0.2, 0.25) is 0 Å². The van der Waals surface area contributed by atoms with Crippen LogP contribution in [0.2, 0.25) is 0 Å². The average Bonchev–Trinajstić information content (AvgIpc) is 0.811. The number of rotatable bonds is 12. The van der Waals surface area contributed by atoms with Gasteiger partial charge in [-0.15, -0.1) is 0 Å². The van der Waals surface area contributed by atoms with Crippen LogP contribution in [0, 0.1) is 0 Å². The number of benzene rings is 6. The molecular formula is C100H137N9O19. The highest BCUT2D eigenvalue weighted by molar-refractivity contribution is 6.30. The number of cyclic esters (lactones) is 4. The van der Waals surface area contributed by atoms with E-state index in [1.165, 1.54) is 234 Å². The number of nitrogens with one attached hydrogen (secondary N) is 4. The maximum atomic E-state index is 13.2.